The van der Waals surface area contributed by atoms with Crippen molar-refractivity contribution in [3.63, 3.8) is 0 Å². The largest absolute Gasteiger partial charge is 0.493 e. The number of nitrogens with two attached hydrogens (primary N) is 1. The van der Waals surface area contributed by atoms with Gasteiger partial charge in [0.2, 0.25) is 0 Å². The minimum absolute atomic E-state index is 0.0588. The van der Waals surface area contributed by atoms with Gasteiger partial charge < -0.3 is 20.1 Å². The maximum Gasteiger partial charge on any atom is 0.387 e. The molecule has 26 heavy (non-hydrogen) atoms. The topological polar surface area (TPSA) is 64.8 Å². The molecule has 1 saturated heterocycles. The van der Waals surface area contributed by atoms with Crippen LogP contribution >= 0.6 is 0 Å². The molecule has 0 spiro atoms. The molecule has 0 aliphatic carbocycles. The predicted octanol–water partition coefficient (Wildman–Crippen LogP) is 2.86. The summed E-state index contributed by atoms with van der Waals surface area (Å²) in [6.45, 7) is -2.04. The zero-order valence-electron chi connectivity index (χ0n) is 14.3. The molecule has 0 aromatic heterocycles. The van der Waals surface area contributed by atoms with Crippen molar-refractivity contribution in [3.8, 4) is 11.5 Å². The monoisotopic (exact) mass is 362 g/mol. The fourth-order valence-electron chi connectivity index (χ4n) is 3.22. The highest BCUT2D eigenvalue weighted by Crippen LogP contribution is 2.32. The highest BCUT2D eigenvalue weighted by Gasteiger charge is 2.34. The molecule has 2 N–H and O–H groups in total. The van der Waals surface area contributed by atoms with E-state index >= 15 is 0 Å². The smallest absolute Gasteiger partial charge is 0.387 e. The average Bonchev–Trinajstić information content (AvgIpc) is 3.03. The van der Waals surface area contributed by atoms with Crippen LogP contribution in [0.5, 0.6) is 11.5 Å². The number of alkyl halides is 2. The number of hydrogen-bond acceptors (Lipinski definition) is 4. The summed E-state index contributed by atoms with van der Waals surface area (Å²) in [6, 6.07) is 13.8. The van der Waals surface area contributed by atoms with Gasteiger partial charge in [-0.3, -0.25) is 4.79 Å². The summed E-state index contributed by atoms with van der Waals surface area (Å²) in [5.74, 6) is -0.192. The van der Waals surface area contributed by atoms with E-state index in [2.05, 4.69) is 4.74 Å². The Kier molecular flexibility index (Phi) is 5.37. The molecule has 1 amide bonds. The average molecular weight is 362 g/mol. The summed E-state index contributed by atoms with van der Waals surface area (Å²) in [5, 5.41) is 0. The Morgan fingerprint density at radius 1 is 1.15 bits per heavy atom. The lowest BCUT2D eigenvalue weighted by Crippen LogP contribution is -2.32. The lowest BCUT2D eigenvalue weighted by molar-refractivity contribution is -0.0512. The van der Waals surface area contributed by atoms with Crippen LogP contribution in [0.3, 0.4) is 0 Å². The van der Waals surface area contributed by atoms with Gasteiger partial charge in [-0.1, -0.05) is 30.3 Å². The number of benzene rings is 2. The molecule has 2 aromatic carbocycles. The number of hydrogen-bond donors (Lipinski definition) is 1. The summed E-state index contributed by atoms with van der Waals surface area (Å²) < 4.78 is 34.3. The van der Waals surface area contributed by atoms with E-state index in [-0.39, 0.29) is 29.4 Å². The SMILES string of the molecule is COc1cc(C(=O)N2C[C@@H](N)[C@H](c3ccccc3)C2)ccc1OC(F)F. The van der Waals surface area contributed by atoms with Gasteiger partial charge >= 0.3 is 6.61 Å². The maximum absolute atomic E-state index is 12.8. The number of halogens is 2. The lowest BCUT2D eigenvalue weighted by atomic mass is 9.95. The Morgan fingerprint density at radius 2 is 1.88 bits per heavy atom. The van der Waals surface area contributed by atoms with Crippen LogP contribution < -0.4 is 15.2 Å². The number of ether oxygens (including phenoxy) is 2. The number of rotatable bonds is 5. The summed E-state index contributed by atoms with van der Waals surface area (Å²) in [7, 11) is 1.33. The predicted molar refractivity (Wildman–Crippen MR) is 92.7 cm³/mol. The first-order valence-corrected chi connectivity index (χ1v) is 8.22. The van der Waals surface area contributed by atoms with Crippen molar-refractivity contribution >= 4 is 5.91 Å². The Bertz CT molecular complexity index is 771. The minimum atomic E-state index is -2.96. The third-order valence-corrected chi connectivity index (χ3v) is 4.51. The van der Waals surface area contributed by atoms with Crippen molar-refractivity contribution in [1.29, 1.82) is 0 Å². The number of nitrogens with zero attached hydrogens (tertiary/aromatic N) is 1. The molecule has 1 fully saturated rings. The molecule has 2 aromatic rings. The summed E-state index contributed by atoms with van der Waals surface area (Å²) >= 11 is 0. The molecular weight excluding hydrogens is 342 g/mol. The minimum Gasteiger partial charge on any atom is -0.493 e. The van der Waals surface area contributed by atoms with Gasteiger partial charge in [-0.2, -0.15) is 8.78 Å². The molecule has 0 bridgehead atoms. The molecule has 7 heteroatoms. The lowest BCUT2D eigenvalue weighted by Gasteiger charge is -2.18. The van der Waals surface area contributed by atoms with Gasteiger partial charge in [0, 0.05) is 30.6 Å². The highest BCUT2D eigenvalue weighted by molar-refractivity contribution is 5.95. The molecule has 0 saturated carbocycles. The van der Waals surface area contributed by atoms with Gasteiger partial charge in [0.1, 0.15) is 0 Å². The van der Waals surface area contributed by atoms with Crippen molar-refractivity contribution in [2.75, 3.05) is 20.2 Å². The number of carbonyl (C=O) groups excluding carboxylic acids is 1. The van der Waals surface area contributed by atoms with Crippen molar-refractivity contribution in [2.45, 2.75) is 18.6 Å². The first kappa shape index (κ1) is 18.1. The zero-order chi connectivity index (χ0) is 18.7. The summed E-state index contributed by atoms with van der Waals surface area (Å²) in [4.78, 5) is 14.5. The van der Waals surface area contributed by atoms with Gasteiger partial charge in [-0.05, 0) is 23.8 Å². The first-order valence-electron chi connectivity index (χ1n) is 8.22. The fraction of sp³-hybridized carbons (Fsp3) is 0.316. The van der Waals surface area contributed by atoms with E-state index in [1.807, 2.05) is 30.3 Å². The van der Waals surface area contributed by atoms with Crippen LogP contribution in [-0.2, 0) is 0 Å². The van der Waals surface area contributed by atoms with Crippen LogP contribution in [0.15, 0.2) is 48.5 Å². The van der Waals surface area contributed by atoms with Gasteiger partial charge in [-0.25, -0.2) is 0 Å². The van der Waals surface area contributed by atoms with Crippen LogP contribution in [0, 0.1) is 0 Å². The Balaban J connectivity index is 1.77. The number of amides is 1. The summed E-state index contributed by atoms with van der Waals surface area (Å²) in [6.07, 6.45) is 0. The fourth-order valence-corrected chi connectivity index (χ4v) is 3.22. The van der Waals surface area contributed by atoms with E-state index in [1.54, 1.807) is 4.90 Å². The van der Waals surface area contributed by atoms with Gasteiger partial charge in [-0.15, -0.1) is 0 Å². The molecule has 1 aliphatic rings. The van der Waals surface area contributed by atoms with Crippen LogP contribution in [0.1, 0.15) is 21.8 Å². The second-order valence-corrected chi connectivity index (χ2v) is 6.14. The molecule has 5 nitrogen and oxygen atoms in total. The first-order chi connectivity index (χ1) is 12.5. The molecule has 3 rings (SSSR count). The van der Waals surface area contributed by atoms with E-state index in [1.165, 1.54) is 25.3 Å². The standard InChI is InChI=1S/C19H20F2N2O3/c1-25-17-9-13(7-8-16(17)26-19(20)21)18(24)23-10-14(15(22)11-23)12-5-3-2-4-6-12/h2-9,14-15,19H,10-11,22H2,1H3/t14-,15+/m0/s1. The third-order valence-electron chi connectivity index (χ3n) is 4.51. The van der Waals surface area contributed by atoms with E-state index < -0.39 is 6.61 Å². The van der Waals surface area contributed by atoms with E-state index in [9.17, 15) is 13.6 Å². The highest BCUT2D eigenvalue weighted by atomic mass is 19.3. The third kappa shape index (κ3) is 3.77. The van der Waals surface area contributed by atoms with Gasteiger partial charge in [0.05, 0.1) is 7.11 Å². The van der Waals surface area contributed by atoms with E-state index in [4.69, 9.17) is 10.5 Å². The van der Waals surface area contributed by atoms with Crippen molar-refractivity contribution in [1.82, 2.24) is 4.90 Å². The number of carbonyl (C=O) groups is 1. The molecule has 0 unspecified atom stereocenters. The number of likely N-dealkylation sites (tertiary alicyclic amines) is 1. The molecule has 0 radical (unpaired) electrons. The molecule has 138 valence electrons. The van der Waals surface area contributed by atoms with Crippen LogP contribution in [0.4, 0.5) is 8.78 Å². The van der Waals surface area contributed by atoms with Crippen molar-refractivity contribution in [3.05, 3.63) is 59.7 Å². The second kappa shape index (κ2) is 7.70. The van der Waals surface area contributed by atoms with E-state index in [0.717, 1.165) is 5.56 Å². The summed E-state index contributed by atoms with van der Waals surface area (Å²) in [5.41, 5.74) is 7.66. The quantitative estimate of drug-likeness (QED) is 0.888. The molecule has 1 heterocycles. The zero-order valence-corrected chi connectivity index (χ0v) is 14.3. The van der Waals surface area contributed by atoms with Gasteiger partial charge in [0.15, 0.2) is 11.5 Å². The van der Waals surface area contributed by atoms with E-state index in [0.29, 0.717) is 18.7 Å². The molecular formula is C19H20F2N2O3. The maximum atomic E-state index is 12.8. The Morgan fingerprint density at radius 3 is 2.54 bits per heavy atom. The Labute approximate surface area is 150 Å². The van der Waals surface area contributed by atoms with Crippen LogP contribution in [-0.4, -0.2) is 43.7 Å². The van der Waals surface area contributed by atoms with Crippen LogP contribution in [0.2, 0.25) is 0 Å². The van der Waals surface area contributed by atoms with Crippen molar-refractivity contribution in [2.24, 2.45) is 5.73 Å². The second-order valence-electron chi connectivity index (χ2n) is 6.14. The Hall–Kier alpha value is -2.67. The molecule has 2 atom stereocenters. The molecule has 1 aliphatic heterocycles. The normalized spacial score (nSPS) is 19.7. The van der Waals surface area contributed by atoms with Crippen molar-refractivity contribution < 1.29 is 23.0 Å². The van der Waals surface area contributed by atoms with Crippen LogP contribution in [0.25, 0.3) is 0 Å². The number of methoxy groups -OCH3 is 1. The van der Waals surface area contributed by atoms with Gasteiger partial charge in [0.25, 0.3) is 5.91 Å².